The first-order chi connectivity index (χ1) is 13.5. The smallest absolute Gasteiger partial charge is 0.223 e. The van der Waals surface area contributed by atoms with Gasteiger partial charge in [0.05, 0.1) is 0 Å². The summed E-state index contributed by atoms with van der Waals surface area (Å²) < 4.78 is 15.0. The third-order valence-corrected chi connectivity index (χ3v) is 5.85. The van der Waals surface area contributed by atoms with E-state index in [1.807, 2.05) is 13.1 Å². The summed E-state index contributed by atoms with van der Waals surface area (Å²) in [7, 11) is 3.62. The van der Waals surface area contributed by atoms with Crippen LogP contribution in [0.3, 0.4) is 0 Å². The van der Waals surface area contributed by atoms with E-state index >= 15 is 0 Å². The number of nitrogens with zero attached hydrogens (tertiary/aromatic N) is 5. The Hall–Kier alpha value is -2.04. The molecule has 0 radical (unpaired) electrons. The number of halogens is 1. The molecule has 10 heteroatoms. The molecule has 2 atom stereocenters. The highest BCUT2D eigenvalue weighted by Crippen LogP contribution is 2.24. The Morgan fingerprint density at radius 1 is 1.43 bits per heavy atom. The van der Waals surface area contributed by atoms with Gasteiger partial charge in [-0.25, -0.2) is 9.07 Å². The number of tetrazole rings is 1. The number of benzene rings is 1. The highest BCUT2D eigenvalue weighted by molar-refractivity contribution is 7.99. The maximum Gasteiger partial charge on any atom is 0.223 e. The maximum absolute atomic E-state index is 13.4. The van der Waals surface area contributed by atoms with Gasteiger partial charge in [0.1, 0.15) is 5.82 Å². The zero-order valence-corrected chi connectivity index (χ0v) is 17.0. The van der Waals surface area contributed by atoms with Crippen molar-refractivity contribution in [3.8, 4) is 0 Å². The van der Waals surface area contributed by atoms with Crippen LogP contribution in [0, 0.1) is 5.82 Å². The number of rotatable bonds is 9. The molecular formula is C18H26FN7OS. The van der Waals surface area contributed by atoms with Gasteiger partial charge in [-0.15, -0.1) is 5.10 Å². The van der Waals surface area contributed by atoms with Crippen LogP contribution in [0.15, 0.2) is 29.4 Å². The van der Waals surface area contributed by atoms with Crippen LogP contribution in [0.1, 0.15) is 37.3 Å². The van der Waals surface area contributed by atoms with Crippen molar-refractivity contribution in [1.82, 2.24) is 36.0 Å². The molecule has 1 aromatic heterocycles. The van der Waals surface area contributed by atoms with Gasteiger partial charge in [0.25, 0.3) is 0 Å². The van der Waals surface area contributed by atoms with Crippen LogP contribution in [0.2, 0.25) is 0 Å². The number of hydrogen-bond donors (Lipinski definition) is 2. The standard InChI is InChI=1S/C18H26FN7OS/c1-25(17(27)8-10-28-18-22-23-24-26(18)2)9-4-7-15-12-16(21-20-15)13-5-3-6-14(19)11-13/h3,5-6,11,15-16,20-21H,4,7-10,12H2,1-2H3. The molecule has 2 unspecified atom stereocenters. The van der Waals surface area contributed by atoms with Crippen molar-refractivity contribution in [3.05, 3.63) is 35.6 Å². The van der Waals surface area contributed by atoms with Gasteiger partial charge in [-0.1, -0.05) is 23.9 Å². The Bertz CT molecular complexity index is 787. The Labute approximate surface area is 168 Å². The molecule has 3 rings (SSSR count). The zero-order valence-electron chi connectivity index (χ0n) is 16.1. The van der Waals surface area contributed by atoms with Gasteiger partial charge < -0.3 is 4.90 Å². The minimum atomic E-state index is -0.212. The van der Waals surface area contributed by atoms with E-state index < -0.39 is 0 Å². The summed E-state index contributed by atoms with van der Waals surface area (Å²) in [4.78, 5) is 14.0. The number of nitrogens with one attached hydrogen (secondary N) is 2. The second-order valence-electron chi connectivity index (χ2n) is 6.97. The van der Waals surface area contributed by atoms with Crippen LogP contribution in [0.4, 0.5) is 4.39 Å². The van der Waals surface area contributed by atoms with Crippen molar-refractivity contribution in [2.75, 3.05) is 19.3 Å². The molecule has 1 aromatic carbocycles. The third kappa shape index (κ3) is 5.73. The second kappa shape index (κ2) is 9.94. The molecule has 0 spiro atoms. The van der Waals surface area contributed by atoms with Crippen molar-refractivity contribution in [1.29, 1.82) is 0 Å². The van der Waals surface area contributed by atoms with E-state index in [2.05, 4.69) is 26.4 Å². The summed E-state index contributed by atoms with van der Waals surface area (Å²) in [6.07, 6.45) is 3.23. The average molecular weight is 408 g/mol. The quantitative estimate of drug-likeness (QED) is 0.612. The van der Waals surface area contributed by atoms with Crippen molar-refractivity contribution in [2.24, 2.45) is 7.05 Å². The molecule has 1 saturated heterocycles. The lowest BCUT2D eigenvalue weighted by atomic mass is 9.99. The number of aryl methyl sites for hydroxylation is 1. The normalized spacial score (nSPS) is 19.1. The summed E-state index contributed by atoms with van der Waals surface area (Å²) in [5, 5.41) is 11.9. The number of hydrogen-bond acceptors (Lipinski definition) is 7. The van der Waals surface area contributed by atoms with Crippen LogP contribution >= 0.6 is 11.8 Å². The molecule has 1 amide bonds. The fraction of sp³-hybridized carbons (Fsp3) is 0.556. The summed E-state index contributed by atoms with van der Waals surface area (Å²) in [5.41, 5.74) is 7.48. The van der Waals surface area contributed by atoms with Crippen molar-refractivity contribution >= 4 is 17.7 Å². The molecule has 0 aliphatic carbocycles. The van der Waals surface area contributed by atoms with E-state index in [-0.39, 0.29) is 17.8 Å². The summed E-state index contributed by atoms with van der Waals surface area (Å²) in [6, 6.07) is 7.14. The van der Waals surface area contributed by atoms with Gasteiger partial charge in [0.15, 0.2) is 0 Å². The average Bonchev–Trinajstić information content (AvgIpc) is 3.31. The largest absolute Gasteiger partial charge is 0.346 e. The lowest BCUT2D eigenvalue weighted by Gasteiger charge is -2.18. The first-order valence-electron chi connectivity index (χ1n) is 9.38. The van der Waals surface area contributed by atoms with Crippen LogP contribution in [-0.4, -0.2) is 56.4 Å². The molecular weight excluding hydrogens is 381 g/mol. The Morgan fingerprint density at radius 3 is 3.04 bits per heavy atom. The van der Waals surface area contributed by atoms with E-state index in [1.54, 1.807) is 28.8 Å². The van der Waals surface area contributed by atoms with Crippen molar-refractivity contribution in [3.63, 3.8) is 0 Å². The predicted octanol–water partition coefficient (Wildman–Crippen LogP) is 1.68. The summed E-state index contributed by atoms with van der Waals surface area (Å²) >= 11 is 1.48. The minimum Gasteiger partial charge on any atom is -0.346 e. The first-order valence-corrected chi connectivity index (χ1v) is 10.4. The number of carbonyl (C=O) groups excluding carboxylic acids is 1. The molecule has 2 N–H and O–H groups in total. The number of amides is 1. The molecule has 0 bridgehead atoms. The van der Waals surface area contributed by atoms with Gasteiger partial charge in [-0.3, -0.25) is 15.6 Å². The van der Waals surface area contributed by atoms with Gasteiger partial charge in [0, 0.05) is 44.9 Å². The number of carbonyl (C=O) groups is 1. The van der Waals surface area contributed by atoms with E-state index in [9.17, 15) is 9.18 Å². The number of thioether (sulfide) groups is 1. The van der Waals surface area contributed by atoms with Gasteiger partial charge >= 0.3 is 0 Å². The molecule has 0 saturated carbocycles. The van der Waals surface area contributed by atoms with Crippen molar-refractivity contribution in [2.45, 2.75) is 42.9 Å². The maximum atomic E-state index is 13.4. The highest BCUT2D eigenvalue weighted by Gasteiger charge is 2.25. The van der Waals surface area contributed by atoms with E-state index in [4.69, 9.17) is 0 Å². The molecule has 1 aliphatic rings. The molecule has 8 nitrogen and oxygen atoms in total. The highest BCUT2D eigenvalue weighted by atomic mass is 32.2. The lowest BCUT2D eigenvalue weighted by Crippen LogP contribution is -2.32. The fourth-order valence-electron chi connectivity index (χ4n) is 3.22. The topological polar surface area (TPSA) is 88.0 Å². The van der Waals surface area contributed by atoms with Crippen molar-refractivity contribution < 1.29 is 9.18 Å². The molecule has 152 valence electrons. The fourth-order valence-corrected chi connectivity index (χ4v) is 3.99. The van der Waals surface area contributed by atoms with Crippen LogP contribution in [-0.2, 0) is 11.8 Å². The Balaban J connectivity index is 1.32. The van der Waals surface area contributed by atoms with Crippen LogP contribution in [0.5, 0.6) is 0 Å². The second-order valence-corrected chi connectivity index (χ2v) is 8.03. The molecule has 1 aliphatic heterocycles. The van der Waals surface area contributed by atoms with Crippen LogP contribution < -0.4 is 10.9 Å². The molecule has 2 heterocycles. The first kappa shape index (κ1) is 20.7. The number of aromatic nitrogens is 4. The Morgan fingerprint density at radius 2 is 2.29 bits per heavy atom. The van der Waals surface area contributed by atoms with Gasteiger partial charge in [-0.05, 0) is 47.4 Å². The summed E-state index contributed by atoms with van der Waals surface area (Å²) in [5.74, 6) is 0.565. The van der Waals surface area contributed by atoms with Gasteiger partial charge in [-0.2, -0.15) is 0 Å². The van der Waals surface area contributed by atoms with E-state index in [0.717, 1.165) is 31.4 Å². The van der Waals surface area contributed by atoms with E-state index in [0.29, 0.717) is 23.4 Å². The lowest BCUT2D eigenvalue weighted by molar-refractivity contribution is -0.129. The number of hydrazine groups is 1. The zero-order chi connectivity index (χ0) is 19.9. The summed E-state index contributed by atoms with van der Waals surface area (Å²) in [6.45, 7) is 0.720. The van der Waals surface area contributed by atoms with Crippen LogP contribution in [0.25, 0.3) is 0 Å². The Kier molecular flexibility index (Phi) is 7.35. The minimum absolute atomic E-state index is 0.118. The van der Waals surface area contributed by atoms with Gasteiger partial charge in [0.2, 0.25) is 11.1 Å². The molecule has 2 aromatic rings. The molecule has 1 fully saturated rings. The van der Waals surface area contributed by atoms with E-state index in [1.165, 1.54) is 17.8 Å². The predicted molar refractivity (Wildman–Crippen MR) is 105 cm³/mol. The molecule has 28 heavy (non-hydrogen) atoms. The SMILES string of the molecule is CN(CCCC1CC(c2cccc(F)c2)NN1)C(=O)CCSc1nnnn1C. The third-order valence-electron chi connectivity index (χ3n) is 4.83. The monoisotopic (exact) mass is 407 g/mol.